The average molecular weight is 227 g/mol. The minimum absolute atomic E-state index is 0.123. The van der Waals surface area contributed by atoms with Gasteiger partial charge in [-0.3, -0.25) is 4.79 Å². The maximum atomic E-state index is 11.8. The van der Waals surface area contributed by atoms with Crippen LogP contribution in [0.5, 0.6) is 0 Å². The van der Waals surface area contributed by atoms with Gasteiger partial charge in [0.05, 0.1) is 0 Å². The third kappa shape index (κ3) is 2.33. The summed E-state index contributed by atoms with van der Waals surface area (Å²) >= 11 is 0. The van der Waals surface area contributed by atoms with Crippen LogP contribution in [-0.4, -0.2) is 10.9 Å². The molecular weight excluding hydrogens is 214 g/mol. The topological polar surface area (TPSA) is 43.1 Å². The zero-order chi connectivity index (χ0) is 12.3. The van der Waals surface area contributed by atoms with E-state index in [0.29, 0.717) is 11.3 Å². The summed E-state index contributed by atoms with van der Waals surface area (Å²) in [5, 5.41) is 3.90. The molecule has 3 heteroatoms. The normalized spacial score (nSPS) is 11.5. The lowest BCUT2D eigenvalue weighted by molar-refractivity contribution is 0.0996. The molecule has 0 unspecified atom stereocenters. The summed E-state index contributed by atoms with van der Waals surface area (Å²) in [4.78, 5) is 11.8. The third-order valence-corrected chi connectivity index (χ3v) is 2.59. The fourth-order valence-electron chi connectivity index (χ4n) is 1.45. The van der Waals surface area contributed by atoms with Crippen LogP contribution < -0.4 is 0 Å². The molecule has 17 heavy (non-hydrogen) atoms. The fraction of sp³-hybridized carbons (Fsp3) is 0.143. The van der Waals surface area contributed by atoms with E-state index in [0.717, 1.165) is 5.56 Å². The molecule has 0 saturated carbocycles. The lowest BCUT2D eigenvalue weighted by Crippen LogP contribution is -1.97. The smallest absolute Gasteiger partial charge is 0.226 e. The monoisotopic (exact) mass is 227 g/mol. The molecule has 2 rings (SSSR count). The zero-order valence-corrected chi connectivity index (χ0v) is 9.81. The Balaban J connectivity index is 2.32. The van der Waals surface area contributed by atoms with Gasteiger partial charge in [-0.15, -0.1) is 0 Å². The van der Waals surface area contributed by atoms with Crippen LogP contribution in [0.25, 0.3) is 11.3 Å². The van der Waals surface area contributed by atoms with E-state index in [9.17, 15) is 4.79 Å². The molecule has 3 nitrogen and oxygen atoms in total. The molecule has 0 amide bonds. The molecule has 0 N–H and O–H groups in total. The highest BCUT2D eigenvalue weighted by Gasteiger charge is 2.14. The van der Waals surface area contributed by atoms with Gasteiger partial charge in [-0.05, 0) is 19.4 Å². The Morgan fingerprint density at radius 2 is 2.00 bits per heavy atom. The second kappa shape index (κ2) is 4.78. The minimum Gasteiger partial charge on any atom is -0.352 e. The first-order valence-electron chi connectivity index (χ1n) is 5.42. The van der Waals surface area contributed by atoms with Crippen molar-refractivity contribution in [3.05, 3.63) is 53.8 Å². The predicted molar refractivity (Wildman–Crippen MR) is 65.7 cm³/mol. The summed E-state index contributed by atoms with van der Waals surface area (Å²) in [5.74, 6) is 0.154. The number of hydrogen-bond acceptors (Lipinski definition) is 3. The summed E-state index contributed by atoms with van der Waals surface area (Å²) in [5.41, 5.74) is 2.27. The quantitative estimate of drug-likeness (QED) is 0.595. The second-order valence-corrected chi connectivity index (χ2v) is 3.74. The maximum absolute atomic E-state index is 11.8. The van der Waals surface area contributed by atoms with Gasteiger partial charge in [0.2, 0.25) is 11.5 Å². The van der Waals surface area contributed by atoms with Gasteiger partial charge in [0.25, 0.3) is 0 Å². The zero-order valence-electron chi connectivity index (χ0n) is 9.81. The number of aromatic nitrogens is 1. The highest BCUT2D eigenvalue weighted by Crippen LogP contribution is 2.19. The van der Waals surface area contributed by atoms with E-state index in [4.69, 9.17) is 4.52 Å². The van der Waals surface area contributed by atoms with Crippen molar-refractivity contribution in [1.82, 2.24) is 5.16 Å². The number of carbonyl (C=O) groups excluding carboxylic acids is 1. The van der Waals surface area contributed by atoms with Crippen molar-refractivity contribution in [2.24, 2.45) is 0 Å². The van der Waals surface area contributed by atoms with Crippen molar-refractivity contribution in [2.75, 3.05) is 0 Å². The highest BCUT2D eigenvalue weighted by molar-refractivity contribution is 6.06. The molecule has 86 valence electrons. The van der Waals surface area contributed by atoms with Gasteiger partial charge >= 0.3 is 0 Å². The summed E-state index contributed by atoms with van der Waals surface area (Å²) < 4.78 is 5.06. The Bertz CT molecular complexity index is 553. The van der Waals surface area contributed by atoms with Gasteiger partial charge in [-0.2, -0.15) is 0 Å². The van der Waals surface area contributed by atoms with E-state index in [1.165, 1.54) is 0 Å². The van der Waals surface area contributed by atoms with E-state index in [1.54, 1.807) is 19.1 Å². The number of carbonyl (C=O) groups is 1. The van der Waals surface area contributed by atoms with Gasteiger partial charge in [0.1, 0.15) is 5.69 Å². The Kier molecular flexibility index (Phi) is 3.19. The van der Waals surface area contributed by atoms with Crippen LogP contribution in [0.15, 0.2) is 52.6 Å². The molecule has 0 radical (unpaired) electrons. The van der Waals surface area contributed by atoms with Crippen LogP contribution in [0.2, 0.25) is 0 Å². The summed E-state index contributed by atoms with van der Waals surface area (Å²) in [6.07, 6.45) is 1.76. The van der Waals surface area contributed by atoms with Gasteiger partial charge in [-0.25, -0.2) is 0 Å². The van der Waals surface area contributed by atoms with Crippen LogP contribution in [-0.2, 0) is 0 Å². The first kappa shape index (κ1) is 11.3. The van der Waals surface area contributed by atoms with Crippen molar-refractivity contribution >= 4 is 5.78 Å². The van der Waals surface area contributed by atoms with Crippen molar-refractivity contribution in [1.29, 1.82) is 0 Å². The fourth-order valence-corrected chi connectivity index (χ4v) is 1.45. The molecule has 0 aliphatic carbocycles. The minimum atomic E-state index is -0.123. The van der Waals surface area contributed by atoms with E-state index >= 15 is 0 Å². The summed E-state index contributed by atoms with van der Waals surface area (Å²) in [6.45, 7) is 3.58. The predicted octanol–water partition coefficient (Wildman–Crippen LogP) is 3.49. The Morgan fingerprint density at radius 3 is 2.65 bits per heavy atom. The lowest BCUT2D eigenvalue weighted by atomic mass is 10.1. The van der Waals surface area contributed by atoms with Gasteiger partial charge in [-0.1, -0.05) is 41.6 Å². The molecule has 0 aliphatic rings. The maximum Gasteiger partial charge on any atom is 0.226 e. The SMILES string of the molecule is C/C=C(\C)C(=O)c1cc(-c2ccccc2)no1. The number of allylic oxidation sites excluding steroid dienone is 2. The number of hydrogen-bond donors (Lipinski definition) is 0. The van der Waals surface area contributed by atoms with Crippen LogP contribution in [0, 0.1) is 0 Å². The van der Waals surface area contributed by atoms with Crippen molar-refractivity contribution in [3.63, 3.8) is 0 Å². The van der Waals surface area contributed by atoms with Crippen molar-refractivity contribution in [3.8, 4) is 11.3 Å². The van der Waals surface area contributed by atoms with E-state index in [-0.39, 0.29) is 11.5 Å². The Labute approximate surface area is 99.8 Å². The molecule has 0 saturated heterocycles. The van der Waals surface area contributed by atoms with Gasteiger partial charge < -0.3 is 4.52 Å². The molecule has 1 aromatic carbocycles. The number of benzene rings is 1. The van der Waals surface area contributed by atoms with Gasteiger partial charge in [0.15, 0.2) is 0 Å². The lowest BCUT2D eigenvalue weighted by Gasteiger charge is -1.93. The van der Waals surface area contributed by atoms with Crippen molar-refractivity contribution < 1.29 is 9.32 Å². The van der Waals surface area contributed by atoms with E-state index in [1.807, 2.05) is 37.3 Å². The molecule has 2 aromatic rings. The highest BCUT2D eigenvalue weighted by atomic mass is 16.5. The van der Waals surface area contributed by atoms with Gasteiger partial charge in [0, 0.05) is 11.6 Å². The Morgan fingerprint density at radius 1 is 1.29 bits per heavy atom. The summed E-state index contributed by atoms with van der Waals surface area (Å²) in [6, 6.07) is 11.3. The first-order valence-corrected chi connectivity index (χ1v) is 5.42. The molecule has 0 aliphatic heterocycles. The Hall–Kier alpha value is -2.16. The van der Waals surface area contributed by atoms with Crippen LogP contribution in [0.3, 0.4) is 0 Å². The third-order valence-electron chi connectivity index (χ3n) is 2.59. The first-order chi connectivity index (χ1) is 8.22. The number of ketones is 1. The largest absolute Gasteiger partial charge is 0.352 e. The molecule has 0 bridgehead atoms. The standard InChI is InChI=1S/C14H13NO2/c1-3-10(2)14(16)13-9-12(15-17-13)11-7-5-4-6-8-11/h3-9H,1-2H3/b10-3+. The molecular formula is C14H13NO2. The average Bonchev–Trinajstić information content (AvgIpc) is 2.87. The molecule has 0 fully saturated rings. The molecule has 0 atom stereocenters. The molecule has 1 heterocycles. The number of rotatable bonds is 3. The molecule has 0 spiro atoms. The van der Waals surface area contributed by atoms with Crippen molar-refractivity contribution in [2.45, 2.75) is 13.8 Å². The number of nitrogens with zero attached hydrogens (tertiary/aromatic N) is 1. The van der Waals surface area contributed by atoms with E-state index in [2.05, 4.69) is 5.16 Å². The van der Waals surface area contributed by atoms with E-state index < -0.39 is 0 Å². The number of Topliss-reactive ketones (excluding diaryl/α,β-unsaturated/α-hetero) is 1. The van der Waals surface area contributed by atoms with Crippen LogP contribution in [0.1, 0.15) is 24.4 Å². The second-order valence-electron chi connectivity index (χ2n) is 3.74. The van der Waals surface area contributed by atoms with Crippen LogP contribution >= 0.6 is 0 Å². The summed E-state index contributed by atoms with van der Waals surface area (Å²) in [7, 11) is 0. The molecule has 1 aromatic heterocycles. The van der Waals surface area contributed by atoms with Crippen LogP contribution in [0.4, 0.5) is 0 Å².